The van der Waals surface area contributed by atoms with Crippen LogP contribution >= 0.6 is 0 Å². The maximum atomic E-state index is 13.8. The largest absolute Gasteiger partial charge is 0.336 e. The summed E-state index contributed by atoms with van der Waals surface area (Å²) in [5.74, 6) is 0.817. The highest BCUT2D eigenvalue weighted by Gasteiger charge is 2.47. The third-order valence-electron chi connectivity index (χ3n) is 6.26. The number of fused-ring (bicyclic) bond motifs is 2. The standard InChI is InChI=1S/C22H30FN5O/c1-4-27-12-13-28-19(17-6-5-7-18(23)14-17)15-24-20(28)22(27)8-10-26(11-9-22)21(29)25-16(2)3/h5-7,14-16H,4,8-13H2,1-3H3,(H,25,29). The Morgan fingerprint density at radius 1 is 1.24 bits per heavy atom. The Hall–Kier alpha value is -2.41. The molecule has 0 unspecified atom stereocenters. The predicted molar refractivity (Wildman–Crippen MR) is 111 cm³/mol. The number of aromatic nitrogens is 2. The molecule has 0 atom stereocenters. The van der Waals surface area contributed by atoms with Gasteiger partial charge in [0.15, 0.2) is 0 Å². The number of nitrogens with one attached hydrogen (secondary N) is 1. The molecule has 0 bridgehead atoms. The quantitative estimate of drug-likeness (QED) is 0.860. The van der Waals surface area contributed by atoms with E-state index in [0.29, 0.717) is 13.1 Å². The molecule has 156 valence electrons. The molecule has 2 aliphatic heterocycles. The van der Waals surface area contributed by atoms with Gasteiger partial charge in [0, 0.05) is 37.8 Å². The van der Waals surface area contributed by atoms with E-state index in [9.17, 15) is 9.18 Å². The second-order valence-electron chi connectivity index (χ2n) is 8.33. The van der Waals surface area contributed by atoms with Gasteiger partial charge in [0.25, 0.3) is 0 Å². The summed E-state index contributed by atoms with van der Waals surface area (Å²) in [6.45, 7) is 10.3. The van der Waals surface area contributed by atoms with Crippen LogP contribution in [0.25, 0.3) is 11.3 Å². The molecular formula is C22H30FN5O. The lowest BCUT2D eigenvalue weighted by atomic mass is 9.83. The van der Waals surface area contributed by atoms with Crippen molar-refractivity contribution in [2.45, 2.75) is 51.7 Å². The first-order valence-corrected chi connectivity index (χ1v) is 10.6. The Morgan fingerprint density at radius 3 is 2.66 bits per heavy atom. The Bertz CT molecular complexity index is 885. The number of amides is 2. The summed E-state index contributed by atoms with van der Waals surface area (Å²) in [6, 6.07) is 6.86. The van der Waals surface area contributed by atoms with Crippen LogP contribution in [0, 0.1) is 5.82 Å². The van der Waals surface area contributed by atoms with Crippen molar-refractivity contribution in [3.8, 4) is 11.3 Å². The molecule has 4 rings (SSSR count). The maximum Gasteiger partial charge on any atom is 0.317 e. The number of benzene rings is 1. The van der Waals surface area contributed by atoms with Crippen molar-refractivity contribution in [3.05, 3.63) is 42.1 Å². The smallest absolute Gasteiger partial charge is 0.317 e. The number of urea groups is 1. The van der Waals surface area contributed by atoms with Crippen molar-refractivity contribution < 1.29 is 9.18 Å². The lowest BCUT2D eigenvalue weighted by Crippen LogP contribution is -2.59. The fraction of sp³-hybridized carbons (Fsp3) is 0.545. The molecule has 1 aromatic carbocycles. The minimum atomic E-state index is -0.233. The predicted octanol–water partition coefficient (Wildman–Crippen LogP) is 3.43. The number of likely N-dealkylation sites (N-methyl/N-ethyl adjacent to an activating group) is 1. The van der Waals surface area contributed by atoms with Crippen LogP contribution in [0.15, 0.2) is 30.5 Å². The van der Waals surface area contributed by atoms with Crippen molar-refractivity contribution in [1.29, 1.82) is 0 Å². The fourth-order valence-corrected chi connectivity index (χ4v) is 4.85. The summed E-state index contributed by atoms with van der Waals surface area (Å²) < 4.78 is 16.0. The van der Waals surface area contributed by atoms with Crippen molar-refractivity contribution >= 4 is 6.03 Å². The summed E-state index contributed by atoms with van der Waals surface area (Å²) >= 11 is 0. The first-order chi connectivity index (χ1) is 13.9. The van der Waals surface area contributed by atoms with E-state index in [2.05, 4.69) is 21.7 Å². The summed E-state index contributed by atoms with van der Waals surface area (Å²) in [5, 5.41) is 3.00. The Morgan fingerprint density at radius 2 is 2.00 bits per heavy atom. The molecule has 1 aromatic heterocycles. The molecule has 29 heavy (non-hydrogen) atoms. The molecule has 3 heterocycles. The van der Waals surface area contributed by atoms with Crippen LogP contribution < -0.4 is 5.32 Å². The Kier molecular flexibility index (Phi) is 5.34. The lowest BCUT2D eigenvalue weighted by molar-refractivity contribution is 0.00258. The van der Waals surface area contributed by atoms with Crippen LogP contribution in [0.3, 0.4) is 0 Å². The fourth-order valence-electron chi connectivity index (χ4n) is 4.85. The van der Waals surface area contributed by atoms with Gasteiger partial charge in [0.1, 0.15) is 11.6 Å². The van der Waals surface area contributed by atoms with E-state index in [1.54, 1.807) is 12.1 Å². The number of piperidine rings is 1. The average molecular weight is 400 g/mol. The number of hydrogen-bond acceptors (Lipinski definition) is 3. The Labute approximate surface area is 171 Å². The van der Waals surface area contributed by atoms with Crippen molar-refractivity contribution in [2.24, 2.45) is 0 Å². The van der Waals surface area contributed by atoms with Crippen LogP contribution in [0.4, 0.5) is 9.18 Å². The van der Waals surface area contributed by atoms with Crippen LogP contribution in [-0.2, 0) is 12.1 Å². The van der Waals surface area contributed by atoms with Gasteiger partial charge < -0.3 is 14.8 Å². The van der Waals surface area contributed by atoms with Crippen molar-refractivity contribution in [2.75, 3.05) is 26.2 Å². The second-order valence-corrected chi connectivity index (χ2v) is 8.33. The molecule has 2 aliphatic rings. The van der Waals surface area contributed by atoms with E-state index in [1.165, 1.54) is 6.07 Å². The molecule has 0 aliphatic carbocycles. The summed E-state index contributed by atoms with van der Waals surface area (Å²) in [5.41, 5.74) is 1.65. The number of nitrogens with zero attached hydrogens (tertiary/aromatic N) is 4. The van der Waals surface area contributed by atoms with Gasteiger partial charge in [0.05, 0.1) is 17.4 Å². The van der Waals surface area contributed by atoms with Crippen LogP contribution in [0.2, 0.25) is 0 Å². The molecule has 2 amide bonds. The molecule has 0 saturated carbocycles. The molecular weight excluding hydrogens is 369 g/mol. The molecule has 0 radical (unpaired) electrons. The number of carbonyl (C=O) groups excluding carboxylic acids is 1. The van der Waals surface area contributed by atoms with Gasteiger partial charge in [-0.1, -0.05) is 19.1 Å². The third kappa shape index (κ3) is 3.52. The van der Waals surface area contributed by atoms with E-state index in [4.69, 9.17) is 4.98 Å². The topological polar surface area (TPSA) is 53.4 Å². The monoisotopic (exact) mass is 399 g/mol. The lowest BCUT2D eigenvalue weighted by Gasteiger charge is -2.50. The summed E-state index contributed by atoms with van der Waals surface area (Å²) in [4.78, 5) is 21.7. The zero-order valence-corrected chi connectivity index (χ0v) is 17.5. The maximum absolute atomic E-state index is 13.8. The van der Waals surface area contributed by atoms with E-state index in [-0.39, 0.29) is 23.4 Å². The molecule has 1 spiro atoms. The first-order valence-electron chi connectivity index (χ1n) is 10.6. The van der Waals surface area contributed by atoms with Crippen LogP contribution in [0.5, 0.6) is 0 Å². The van der Waals surface area contributed by atoms with E-state index < -0.39 is 0 Å². The molecule has 1 saturated heterocycles. The SMILES string of the molecule is CCN1CCn2c(-c3cccc(F)c3)cnc2C12CCN(C(=O)NC(C)C)CC2. The van der Waals surface area contributed by atoms with Gasteiger partial charge in [-0.25, -0.2) is 14.2 Å². The zero-order valence-electron chi connectivity index (χ0n) is 17.5. The highest BCUT2D eigenvalue weighted by molar-refractivity contribution is 5.74. The van der Waals surface area contributed by atoms with Gasteiger partial charge in [-0.2, -0.15) is 0 Å². The van der Waals surface area contributed by atoms with E-state index >= 15 is 0 Å². The first kappa shape index (κ1) is 19.9. The second kappa shape index (κ2) is 7.78. The minimum Gasteiger partial charge on any atom is -0.336 e. The average Bonchev–Trinajstić information content (AvgIpc) is 3.14. The zero-order chi connectivity index (χ0) is 20.6. The number of halogens is 1. The summed E-state index contributed by atoms with van der Waals surface area (Å²) in [7, 11) is 0. The minimum absolute atomic E-state index is 0.0116. The van der Waals surface area contributed by atoms with Gasteiger partial charge in [-0.3, -0.25) is 4.90 Å². The Balaban J connectivity index is 1.64. The third-order valence-corrected chi connectivity index (χ3v) is 6.26. The van der Waals surface area contributed by atoms with Gasteiger partial charge in [0.2, 0.25) is 0 Å². The van der Waals surface area contributed by atoms with Gasteiger partial charge >= 0.3 is 6.03 Å². The molecule has 1 fully saturated rings. The summed E-state index contributed by atoms with van der Waals surface area (Å²) in [6.07, 6.45) is 3.58. The van der Waals surface area contributed by atoms with Gasteiger partial charge in [-0.05, 0) is 45.4 Å². The molecule has 6 nitrogen and oxygen atoms in total. The van der Waals surface area contributed by atoms with Crippen molar-refractivity contribution in [1.82, 2.24) is 24.7 Å². The normalized spacial score (nSPS) is 18.9. The van der Waals surface area contributed by atoms with Gasteiger partial charge in [-0.15, -0.1) is 0 Å². The van der Waals surface area contributed by atoms with Crippen LogP contribution in [-0.4, -0.2) is 57.6 Å². The van der Waals surface area contributed by atoms with Crippen molar-refractivity contribution in [3.63, 3.8) is 0 Å². The number of likely N-dealkylation sites (tertiary alicyclic amines) is 1. The van der Waals surface area contributed by atoms with E-state index in [0.717, 1.165) is 49.6 Å². The van der Waals surface area contributed by atoms with Crippen LogP contribution in [0.1, 0.15) is 39.4 Å². The number of hydrogen-bond donors (Lipinski definition) is 1. The highest BCUT2D eigenvalue weighted by atomic mass is 19.1. The molecule has 1 N–H and O–H groups in total. The number of imidazole rings is 1. The number of rotatable bonds is 3. The molecule has 7 heteroatoms. The van der Waals surface area contributed by atoms with E-state index in [1.807, 2.05) is 31.0 Å². The number of carbonyl (C=O) groups is 1. The highest BCUT2D eigenvalue weighted by Crippen LogP contribution is 2.42. The molecule has 2 aromatic rings.